The number of sulfonamides is 1. The lowest BCUT2D eigenvalue weighted by molar-refractivity contribution is 0.0984. The first-order chi connectivity index (χ1) is 8.62. The van der Waals surface area contributed by atoms with Gasteiger partial charge in [0.05, 0.1) is 5.25 Å². The molecule has 0 amide bonds. The van der Waals surface area contributed by atoms with Crippen molar-refractivity contribution in [1.29, 1.82) is 0 Å². The van der Waals surface area contributed by atoms with Gasteiger partial charge in [-0.1, -0.05) is 6.07 Å². The third kappa shape index (κ3) is 3.18. The largest absolute Gasteiger partial charge is 0.381 e. The minimum Gasteiger partial charge on any atom is -0.381 e. The average Bonchev–Trinajstić information content (AvgIpc) is 2.40. The lowest BCUT2D eigenvalue weighted by atomic mass is 10.2. The number of nitrogens with one attached hydrogen (secondary N) is 1. The molecule has 1 aromatic heterocycles. The molecule has 1 aliphatic heterocycles. The smallest absolute Gasteiger partial charge is 0.236 e. The normalized spacial score (nSPS) is 17.6. The topological polar surface area (TPSA) is 94.3 Å². The average molecular weight is 271 g/mol. The number of rotatable bonds is 4. The van der Waals surface area contributed by atoms with E-state index < -0.39 is 15.3 Å². The van der Waals surface area contributed by atoms with Crippen molar-refractivity contribution in [2.75, 3.05) is 17.9 Å². The van der Waals surface area contributed by atoms with Gasteiger partial charge in [0.2, 0.25) is 10.0 Å². The van der Waals surface area contributed by atoms with Gasteiger partial charge in [0.15, 0.2) is 0 Å². The monoisotopic (exact) mass is 271 g/mol. The van der Waals surface area contributed by atoms with Gasteiger partial charge in [-0.05, 0) is 24.5 Å². The first-order valence-corrected chi connectivity index (χ1v) is 7.41. The van der Waals surface area contributed by atoms with Crippen molar-refractivity contribution < 1.29 is 13.2 Å². The minimum absolute atomic E-state index is 0.332. The van der Waals surface area contributed by atoms with E-state index in [-0.39, 0.29) is 0 Å². The fourth-order valence-electron chi connectivity index (χ4n) is 1.82. The van der Waals surface area contributed by atoms with Crippen molar-refractivity contribution in [1.82, 2.24) is 4.98 Å². The van der Waals surface area contributed by atoms with Gasteiger partial charge in [-0.2, -0.15) is 0 Å². The van der Waals surface area contributed by atoms with Crippen LogP contribution in [-0.2, 0) is 21.3 Å². The molecule has 0 atom stereocenters. The number of nitrogens with two attached hydrogens (primary N) is 1. The first kappa shape index (κ1) is 13.3. The predicted octanol–water partition coefficient (Wildman–Crippen LogP) is 0.461. The molecule has 0 spiro atoms. The van der Waals surface area contributed by atoms with Crippen LogP contribution in [0.5, 0.6) is 0 Å². The lowest BCUT2D eigenvalue weighted by Gasteiger charge is -2.22. The summed E-state index contributed by atoms with van der Waals surface area (Å²) in [5.74, 6) is 0.332. The Labute approximate surface area is 107 Å². The van der Waals surface area contributed by atoms with Crippen LogP contribution in [0.2, 0.25) is 0 Å². The van der Waals surface area contributed by atoms with Crippen LogP contribution in [0.1, 0.15) is 18.4 Å². The van der Waals surface area contributed by atoms with Crippen LogP contribution in [-0.4, -0.2) is 31.9 Å². The van der Waals surface area contributed by atoms with Crippen molar-refractivity contribution in [2.45, 2.75) is 24.6 Å². The molecule has 18 heavy (non-hydrogen) atoms. The zero-order chi connectivity index (χ0) is 13.0. The van der Waals surface area contributed by atoms with E-state index >= 15 is 0 Å². The van der Waals surface area contributed by atoms with Crippen LogP contribution < -0.4 is 10.5 Å². The molecule has 3 N–H and O–H groups in total. The van der Waals surface area contributed by atoms with Gasteiger partial charge in [-0.3, -0.25) is 4.72 Å². The lowest BCUT2D eigenvalue weighted by Crippen LogP contribution is -2.33. The highest BCUT2D eigenvalue weighted by molar-refractivity contribution is 7.93. The van der Waals surface area contributed by atoms with Crippen LogP contribution in [0.4, 0.5) is 5.82 Å². The molecular weight excluding hydrogens is 254 g/mol. The summed E-state index contributed by atoms with van der Waals surface area (Å²) in [4.78, 5) is 4.03. The van der Waals surface area contributed by atoms with Crippen LogP contribution in [0.3, 0.4) is 0 Å². The van der Waals surface area contributed by atoms with Crippen LogP contribution in [0.15, 0.2) is 18.3 Å². The molecule has 2 rings (SSSR count). The molecular formula is C11H17N3O3S. The Balaban J connectivity index is 2.06. The number of nitrogens with zero attached hydrogens (tertiary/aromatic N) is 1. The first-order valence-electron chi connectivity index (χ1n) is 5.86. The van der Waals surface area contributed by atoms with Crippen LogP contribution in [0, 0.1) is 0 Å². The quantitative estimate of drug-likeness (QED) is 0.829. The molecule has 6 nitrogen and oxygen atoms in total. The number of ether oxygens (including phenoxy) is 1. The fraction of sp³-hybridized carbons (Fsp3) is 0.545. The molecule has 1 saturated heterocycles. The summed E-state index contributed by atoms with van der Waals surface area (Å²) in [6, 6.07) is 3.38. The van der Waals surface area contributed by atoms with Gasteiger partial charge in [0.25, 0.3) is 0 Å². The minimum atomic E-state index is -3.38. The van der Waals surface area contributed by atoms with Crippen LogP contribution in [0.25, 0.3) is 0 Å². The fourth-order valence-corrected chi connectivity index (χ4v) is 3.21. The Morgan fingerprint density at radius 2 is 2.11 bits per heavy atom. The van der Waals surface area contributed by atoms with E-state index in [0.29, 0.717) is 38.4 Å². The predicted molar refractivity (Wildman–Crippen MR) is 68.5 cm³/mol. The SMILES string of the molecule is NCc1ccc(NS(=O)(=O)C2CCOCC2)nc1. The molecule has 7 heteroatoms. The maximum atomic E-state index is 12.1. The molecule has 2 heterocycles. The summed E-state index contributed by atoms with van der Waals surface area (Å²) >= 11 is 0. The standard InChI is InChI=1S/C11H17N3O3S/c12-7-9-1-2-11(13-8-9)14-18(15,16)10-3-5-17-6-4-10/h1-2,8,10H,3-7,12H2,(H,13,14). The Morgan fingerprint density at radius 3 is 2.67 bits per heavy atom. The van der Waals surface area contributed by atoms with Crippen molar-refractivity contribution in [3.8, 4) is 0 Å². The van der Waals surface area contributed by atoms with E-state index in [1.807, 2.05) is 0 Å². The second kappa shape index (κ2) is 5.64. The number of aromatic nitrogens is 1. The molecule has 1 aliphatic rings. The third-order valence-electron chi connectivity index (χ3n) is 2.91. The molecule has 1 aromatic rings. The second-order valence-electron chi connectivity index (χ2n) is 4.21. The van der Waals surface area contributed by atoms with E-state index in [1.165, 1.54) is 0 Å². The highest BCUT2D eigenvalue weighted by atomic mass is 32.2. The Morgan fingerprint density at radius 1 is 1.39 bits per heavy atom. The zero-order valence-electron chi connectivity index (χ0n) is 10.0. The summed E-state index contributed by atoms with van der Waals surface area (Å²) in [6.45, 7) is 1.37. The van der Waals surface area contributed by atoms with Crippen LogP contribution >= 0.6 is 0 Å². The summed E-state index contributed by atoms with van der Waals surface area (Å²) in [7, 11) is -3.38. The van der Waals surface area contributed by atoms with Crippen molar-refractivity contribution >= 4 is 15.8 Å². The van der Waals surface area contributed by atoms with E-state index in [9.17, 15) is 8.42 Å². The van der Waals surface area contributed by atoms with Gasteiger partial charge in [-0.25, -0.2) is 13.4 Å². The maximum Gasteiger partial charge on any atom is 0.236 e. The number of pyridine rings is 1. The van der Waals surface area contributed by atoms with E-state index in [2.05, 4.69) is 9.71 Å². The molecule has 0 bridgehead atoms. The van der Waals surface area contributed by atoms with Gasteiger partial charge in [0, 0.05) is 26.0 Å². The van der Waals surface area contributed by atoms with Gasteiger partial charge in [0.1, 0.15) is 5.82 Å². The summed E-state index contributed by atoms with van der Waals surface area (Å²) in [5, 5.41) is -0.401. The van der Waals surface area contributed by atoms with Crippen molar-refractivity contribution in [2.24, 2.45) is 5.73 Å². The molecule has 1 fully saturated rings. The highest BCUT2D eigenvalue weighted by Gasteiger charge is 2.27. The number of hydrogen-bond donors (Lipinski definition) is 2. The summed E-state index contributed by atoms with van der Waals surface area (Å²) < 4.78 is 31.8. The summed E-state index contributed by atoms with van der Waals surface area (Å²) in [6.07, 6.45) is 2.62. The molecule has 0 saturated carbocycles. The molecule has 0 aromatic carbocycles. The second-order valence-corrected chi connectivity index (χ2v) is 6.18. The number of anilines is 1. The van der Waals surface area contributed by atoms with E-state index in [1.54, 1.807) is 18.3 Å². The zero-order valence-corrected chi connectivity index (χ0v) is 10.8. The molecule has 0 unspecified atom stereocenters. The Bertz CT molecular complexity index is 481. The summed E-state index contributed by atoms with van der Waals surface area (Å²) in [5.41, 5.74) is 6.32. The van der Waals surface area contributed by atoms with Gasteiger partial charge >= 0.3 is 0 Å². The maximum absolute atomic E-state index is 12.1. The Hall–Kier alpha value is -1.18. The molecule has 0 aliphatic carbocycles. The Kier molecular flexibility index (Phi) is 4.15. The molecule has 0 radical (unpaired) electrons. The van der Waals surface area contributed by atoms with Crippen molar-refractivity contribution in [3.05, 3.63) is 23.9 Å². The third-order valence-corrected chi connectivity index (χ3v) is 4.76. The van der Waals surface area contributed by atoms with E-state index in [0.717, 1.165) is 5.56 Å². The van der Waals surface area contributed by atoms with Gasteiger partial charge in [-0.15, -0.1) is 0 Å². The van der Waals surface area contributed by atoms with E-state index in [4.69, 9.17) is 10.5 Å². The van der Waals surface area contributed by atoms with Gasteiger partial charge < -0.3 is 10.5 Å². The number of hydrogen-bond acceptors (Lipinski definition) is 5. The molecule has 100 valence electrons. The highest BCUT2D eigenvalue weighted by Crippen LogP contribution is 2.18. The van der Waals surface area contributed by atoms with Crippen molar-refractivity contribution in [3.63, 3.8) is 0 Å².